The van der Waals surface area contributed by atoms with Crippen molar-refractivity contribution in [1.82, 2.24) is 0 Å². The molecule has 0 aliphatic rings. The van der Waals surface area contributed by atoms with Crippen LogP contribution in [-0.4, -0.2) is 0 Å². The highest BCUT2D eigenvalue weighted by Gasteiger charge is 2.17. The van der Waals surface area contributed by atoms with Gasteiger partial charge < -0.3 is 0 Å². The topological polar surface area (TPSA) is 0 Å². The molecule has 0 unspecified atom stereocenters. The second-order valence-electron chi connectivity index (χ2n) is 6.26. The van der Waals surface area contributed by atoms with E-state index in [1.54, 1.807) is 0 Å². The fourth-order valence-corrected chi connectivity index (χ4v) is 3.94. The Balaban J connectivity index is 2.26. The molecule has 0 fully saturated rings. The van der Waals surface area contributed by atoms with Gasteiger partial charge in [-0.25, -0.2) is 0 Å². The second-order valence-corrected chi connectivity index (χ2v) is 8.10. The predicted octanol–water partition coefficient (Wildman–Crippen LogP) is 7.78. The molecule has 122 valence electrons. The highest BCUT2D eigenvalue weighted by atomic mass is 79.9. The minimum Gasteiger partial charge on any atom is -0.0532 e. The molecule has 24 heavy (non-hydrogen) atoms. The maximum atomic E-state index is 3.53. The molecule has 3 aromatic carbocycles. The zero-order valence-electron chi connectivity index (χ0n) is 14.4. The molecule has 0 radical (unpaired) electrons. The van der Waals surface area contributed by atoms with Gasteiger partial charge in [-0.05, 0) is 96.5 Å². The van der Waals surface area contributed by atoms with Crippen LogP contribution in [0.25, 0.3) is 22.3 Å². The van der Waals surface area contributed by atoms with Crippen molar-refractivity contribution in [1.29, 1.82) is 0 Å². The summed E-state index contributed by atoms with van der Waals surface area (Å²) in [7, 11) is 0. The lowest BCUT2D eigenvalue weighted by atomic mass is 9.83. The second kappa shape index (κ2) is 6.85. The zero-order valence-corrected chi connectivity index (χ0v) is 17.5. The largest absolute Gasteiger partial charge is 0.0532 e. The zero-order chi connectivity index (χ0) is 17.4. The first-order valence-corrected chi connectivity index (χ1v) is 9.61. The molecule has 2 heteroatoms. The van der Waals surface area contributed by atoms with E-state index in [2.05, 4.69) is 108 Å². The first-order valence-electron chi connectivity index (χ1n) is 8.02. The lowest BCUT2D eigenvalue weighted by molar-refractivity contribution is 1.24. The molecular weight excluding hydrogens is 424 g/mol. The van der Waals surface area contributed by atoms with E-state index in [0.717, 1.165) is 8.95 Å². The van der Waals surface area contributed by atoms with Crippen LogP contribution in [0.2, 0.25) is 0 Å². The van der Waals surface area contributed by atoms with E-state index in [1.807, 2.05) is 0 Å². The molecular formula is C22H20Br2. The number of hydrogen-bond donors (Lipinski definition) is 0. The average molecular weight is 444 g/mol. The van der Waals surface area contributed by atoms with Crippen molar-refractivity contribution < 1.29 is 0 Å². The van der Waals surface area contributed by atoms with Crippen LogP contribution < -0.4 is 0 Å². The van der Waals surface area contributed by atoms with Crippen LogP contribution in [-0.2, 0) is 0 Å². The van der Waals surface area contributed by atoms with E-state index in [4.69, 9.17) is 0 Å². The number of halogens is 2. The molecule has 0 atom stereocenters. The summed E-state index contributed by atoms with van der Waals surface area (Å²) in [6.45, 7) is 8.95. The standard InChI is InChI=1S/C22H20Br2/c1-13-14(2)22(18-7-11-20(24)12-8-18)16(4)15(3)21(13)17-5-9-19(23)10-6-17/h5-12H,1-4H3. The third kappa shape index (κ3) is 3.10. The Hall–Kier alpha value is -1.38. The van der Waals surface area contributed by atoms with E-state index in [0.29, 0.717) is 0 Å². The van der Waals surface area contributed by atoms with Crippen LogP contribution in [0.5, 0.6) is 0 Å². The summed E-state index contributed by atoms with van der Waals surface area (Å²) < 4.78 is 2.22. The van der Waals surface area contributed by atoms with Gasteiger partial charge in [0.25, 0.3) is 0 Å². The molecule has 0 spiro atoms. The normalized spacial score (nSPS) is 10.9. The van der Waals surface area contributed by atoms with Crippen molar-refractivity contribution in [3.63, 3.8) is 0 Å². The first-order chi connectivity index (χ1) is 11.4. The molecule has 0 aliphatic heterocycles. The molecule has 0 aliphatic carbocycles. The summed E-state index contributed by atoms with van der Waals surface area (Å²) in [6.07, 6.45) is 0. The molecule has 0 aromatic heterocycles. The van der Waals surface area contributed by atoms with Crippen molar-refractivity contribution in [3.8, 4) is 22.3 Å². The summed E-state index contributed by atoms with van der Waals surface area (Å²) >= 11 is 7.06. The van der Waals surface area contributed by atoms with Crippen molar-refractivity contribution in [2.45, 2.75) is 27.7 Å². The van der Waals surface area contributed by atoms with Gasteiger partial charge in [-0.2, -0.15) is 0 Å². The Kier molecular flexibility index (Phi) is 4.98. The molecule has 0 amide bonds. The molecule has 3 rings (SSSR count). The Bertz CT molecular complexity index is 783. The van der Waals surface area contributed by atoms with Gasteiger partial charge in [-0.1, -0.05) is 56.1 Å². The fourth-order valence-electron chi connectivity index (χ4n) is 3.41. The third-order valence-electron chi connectivity index (χ3n) is 4.89. The molecule has 3 aromatic rings. The quantitative estimate of drug-likeness (QED) is 0.379. The van der Waals surface area contributed by atoms with Gasteiger partial charge in [0.15, 0.2) is 0 Å². The summed E-state index contributed by atoms with van der Waals surface area (Å²) in [5.41, 5.74) is 10.7. The summed E-state index contributed by atoms with van der Waals surface area (Å²) in [5.74, 6) is 0. The van der Waals surface area contributed by atoms with E-state index >= 15 is 0 Å². The summed E-state index contributed by atoms with van der Waals surface area (Å²) in [5, 5.41) is 0. The smallest absolute Gasteiger partial charge is 0.0175 e. The fraction of sp³-hybridized carbons (Fsp3) is 0.182. The van der Waals surface area contributed by atoms with Gasteiger partial charge in [-0.15, -0.1) is 0 Å². The van der Waals surface area contributed by atoms with Crippen LogP contribution in [0.3, 0.4) is 0 Å². The van der Waals surface area contributed by atoms with Gasteiger partial charge in [0.05, 0.1) is 0 Å². The molecule has 0 saturated heterocycles. The van der Waals surface area contributed by atoms with Crippen molar-refractivity contribution >= 4 is 31.9 Å². The molecule has 0 bridgehead atoms. The van der Waals surface area contributed by atoms with E-state index < -0.39 is 0 Å². The SMILES string of the molecule is Cc1c(C)c(-c2ccc(Br)cc2)c(C)c(C)c1-c1ccc(Br)cc1. The van der Waals surface area contributed by atoms with E-state index in [-0.39, 0.29) is 0 Å². The predicted molar refractivity (Wildman–Crippen MR) is 112 cm³/mol. The van der Waals surface area contributed by atoms with Crippen LogP contribution in [0.4, 0.5) is 0 Å². The molecule has 0 N–H and O–H groups in total. The molecule has 0 heterocycles. The molecule has 0 nitrogen and oxygen atoms in total. The minimum atomic E-state index is 1.11. The van der Waals surface area contributed by atoms with Gasteiger partial charge in [-0.3, -0.25) is 0 Å². The maximum Gasteiger partial charge on any atom is 0.0175 e. The Morgan fingerprint density at radius 2 is 0.708 bits per heavy atom. The Labute approximate surface area is 161 Å². The van der Waals surface area contributed by atoms with Crippen LogP contribution in [0, 0.1) is 27.7 Å². The number of hydrogen-bond acceptors (Lipinski definition) is 0. The minimum absolute atomic E-state index is 1.11. The van der Waals surface area contributed by atoms with Crippen molar-refractivity contribution in [2.24, 2.45) is 0 Å². The van der Waals surface area contributed by atoms with E-state index in [1.165, 1.54) is 44.5 Å². The lowest BCUT2D eigenvalue weighted by Gasteiger charge is -2.21. The summed E-state index contributed by atoms with van der Waals surface area (Å²) in [4.78, 5) is 0. The van der Waals surface area contributed by atoms with E-state index in [9.17, 15) is 0 Å². The lowest BCUT2D eigenvalue weighted by Crippen LogP contribution is -2.00. The first kappa shape index (κ1) is 17.4. The average Bonchev–Trinajstić information content (AvgIpc) is 2.57. The number of benzene rings is 3. The van der Waals surface area contributed by atoms with Crippen LogP contribution in [0.15, 0.2) is 57.5 Å². The third-order valence-corrected chi connectivity index (χ3v) is 5.95. The monoisotopic (exact) mass is 442 g/mol. The van der Waals surface area contributed by atoms with Gasteiger partial charge in [0.1, 0.15) is 0 Å². The van der Waals surface area contributed by atoms with Crippen LogP contribution in [0.1, 0.15) is 22.3 Å². The highest BCUT2D eigenvalue weighted by Crippen LogP contribution is 2.39. The van der Waals surface area contributed by atoms with Crippen molar-refractivity contribution in [2.75, 3.05) is 0 Å². The van der Waals surface area contributed by atoms with Crippen molar-refractivity contribution in [3.05, 3.63) is 79.7 Å². The van der Waals surface area contributed by atoms with Gasteiger partial charge >= 0.3 is 0 Å². The van der Waals surface area contributed by atoms with Gasteiger partial charge in [0, 0.05) is 8.95 Å². The van der Waals surface area contributed by atoms with Crippen LogP contribution >= 0.6 is 31.9 Å². The summed E-state index contributed by atoms with van der Waals surface area (Å²) in [6, 6.07) is 17.2. The van der Waals surface area contributed by atoms with Gasteiger partial charge in [0.2, 0.25) is 0 Å². The Morgan fingerprint density at radius 3 is 0.958 bits per heavy atom. The number of rotatable bonds is 2. The Morgan fingerprint density at radius 1 is 0.458 bits per heavy atom. The maximum absolute atomic E-state index is 3.53. The highest BCUT2D eigenvalue weighted by molar-refractivity contribution is 9.10. The molecule has 0 saturated carbocycles.